The van der Waals surface area contributed by atoms with E-state index in [4.69, 9.17) is 0 Å². The molecule has 0 aliphatic rings. The maximum Gasteiger partial charge on any atom is 0.271 e. The van der Waals surface area contributed by atoms with Crippen LogP contribution in [-0.2, 0) is 0 Å². The monoisotopic (exact) mass is 311 g/mol. The van der Waals surface area contributed by atoms with Gasteiger partial charge >= 0.3 is 0 Å². The van der Waals surface area contributed by atoms with E-state index in [0.29, 0.717) is 5.92 Å². The van der Waals surface area contributed by atoms with Gasteiger partial charge in [0.15, 0.2) is 0 Å². The zero-order chi connectivity index (χ0) is 16.8. The van der Waals surface area contributed by atoms with Crippen molar-refractivity contribution in [2.24, 2.45) is 5.10 Å². The van der Waals surface area contributed by atoms with E-state index in [2.05, 4.69) is 24.4 Å². The molecule has 2 aromatic carbocycles. The van der Waals surface area contributed by atoms with Crippen molar-refractivity contribution in [2.75, 3.05) is 0 Å². The van der Waals surface area contributed by atoms with E-state index >= 15 is 0 Å². The normalized spacial score (nSPS) is 10.9. The first kappa shape index (κ1) is 16.4. The summed E-state index contributed by atoms with van der Waals surface area (Å²) in [4.78, 5) is 22.1. The molecule has 1 N–H and O–H groups in total. The lowest BCUT2D eigenvalue weighted by atomic mass is 10.0. The van der Waals surface area contributed by atoms with Gasteiger partial charge in [-0.2, -0.15) is 5.10 Å². The van der Waals surface area contributed by atoms with E-state index in [0.717, 1.165) is 5.56 Å². The number of amides is 1. The lowest BCUT2D eigenvalue weighted by Crippen LogP contribution is -2.17. The number of nitrogens with zero attached hydrogens (tertiary/aromatic N) is 2. The number of benzene rings is 2. The molecule has 2 aromatic rings. The summed E-state index contributed by atoms with van der Waals surface area (Å²) in [6.07, 6.45) is 1.53. The Bertz CT molecular complexity index is 737. The second kappa shape index (κ2) is 7.31. The standard InChI is InChI=1S/C17H17N3O3/c1-12(2)14-8-6-13(7-9-14)11-18-19-17(21)15-4-3-5-16(10-15)20(22)23/h3-12H,1-2H3,(H,19,21). The van der Waals surface area contributed by atoms with Gasteiger partial charge in [0.1, 0.15) is 0 Å². The van der Waals surface area contributed by atoms with Gasteiger partial charge in [0, 0.05) is 17.7 Å². The van der Waals surface area contributed by atoms with Gasteiger partial charge in [0.2, 0.25) is 0 Å². The molecule has 0 heterocycles. The maximum atomic E-state index is 11.9. The molecule has 118 valence electrons. The number of rotatable bonds is 5. The smallest absolute Gasteiger partial charge is 0.267 e. The molecule has 0 fully saturated rings. The van der Waals surface area contributed by atoms with Gasteiger partial charge in [-0.15, -0.1) is 0 Å². The Morgan fingerprint density at radius 1 is 1.22 bits per heavy atom. The van der Waals surface area contributed by atoms with Crippen LogP contribution in [0.4, 0.5) is 5.69 Å². The highest BCUT2D eigenvalue weighted by atomic mass is 16.6. The summed E-state index contributed by atoms with van der Waals surface area (Å²) in [5.41, 5.74) is 4.49. The molecule has 0 bridgehead atoms. The molecule has 2 rings (SSSR count). The summed E-state index contributed by atoms with van der Waals surface area (Å²) in [5, 5.41) is 14.6. The van der Waals surface area contributed by atoms with Crippen molar-refractivity contribution in [3.8, 4) is 0 Å². The third-order valence-corrected chi connectivity index (χ3v) is 3.30. The fraction of sp³-hybridized carbons (Fsp3) is 0.176. The molecule has 0 atom stereocenters. The average molecular weight is 311 g/mol. The molecule has 1 amide bonds. The van der Waals surface area contributed by atoms with Crippen LogP contribution in [0.15, 0.2) is 53.6 Å². The maximum absolute atomic E-state index is 11.9. The van der Waals surface area contributed by atoms with Crippen molar-refractivity contribution in [2.45, 2.75) is 19.8 Å². The van der Waals surface area contributed by atoms with Gasteiger partial charge in [-0.1, -0.05) is 44.2 Å². The van der Waals surface area contributed by atoms with Crippen LogP contribution in [0.2, 0.25) is 0 Å². The predicted molar refractivity (Wildman–Crippen MR) is 88.7 cm³/mol. The van der Waals surface area contributed by atoms with E-state index in [1.165, 1.54) is 36.0 Å². The van der Waals surface area contributed by atoms with Crippen molar-refractivity contribution in [3.05, 3.63) is 75.3 Å². The third kappa shape index (κ3) is 4.47. The molecule has 0 aliphatic carbocycles. The Morgan fingerprint density at radius 3 is 2.52 bits per heavy atom. The molecule has 0 radical (unpaired) electrons. The molecular formula is C17H17N3O3. The van der Waals surface area contributed by atoms with Gasteiger partial charge < -0.3 is 0 Å². The van der Waals surface area contributed by atoms with E-state index < -0.39 is 10.8 Å². The van der Waals surface area contributed by atoms with Crippen LogP contribution in [0.5, 0.6) is 0 Å². The summed E-state index contributed by atoms with van der Waals surface area (Å²) >= 11 is 0. The SMILES string of the molecule is CC(C)c1ccc(C=NNC(=O)c2cccc([N+](=O)[O-])c2)cc1. The minimum atomic E-state index is -0.545. The molecular weight excluding hydrogens is 294 g/mol. The first-order valence-electron chi connectivity index (χ1n) is 7.15. The number of non-ortho nitro benzene ring substituents is 1. The summed E-state index contributed by atoms with van der Waals surface area (Å²) in [6, 6.07) is 13.3. The Labute approximate surface area is 134 Å². The van der Waals surface area contributed by atoms with Crippen LogP contribution in [0.3, 0.4) is 0 Å². The van der Waals surface area contributed by atoms with Crippen molar-refractivity contribution >= 4 is 17.8 Å². The average Bonchev–Trinajstić information content (AvgIpc) is 2.55. The highest BCUT2D eigenvalue weighted by Crippen LogP contribution is 2.14. The highest BCUT2D eigenvalue weighted by Gasteiger charge is 2.10. The number of hydrogen-bond acceptors (Lipinski definition) is 4. The Balaban J connectivity index is 2.01. The summed E-state index contributed by atoms with van der Waals surface area (Å²) in [7, 11) is 0. The lowest BCUT2D eigenvalue weighted by Gasteiger charge is -2.04. The first-order chi connectivity index (χ1) is 11.0. The van der Waals surface area contributed by atoms with Crippen LogP contribution in [0.1, 0.15) is 41.3 Å². The molecule has 0 saturated carbocycles. The van der Waals surface area contributed by atoms with Crippen LogP contribution in [-0.4, -0.2) is 17.0 Å². The molecule has 0 aliphatic heterocycles. The van der Waals surface area contributed by atoms with Crippen LogP contribution in [0, 0.1) is 10.1 Å². The number of nitro groups is 1. The Hall–Kier alpha value is -3.02. The summed E-state index contributed by atoms with van der Waals surface area (Å²) < 4.78 is 0. The molecule has 0 unspecified atom stereocenters. The number of carbonyl (C=O) groups excluding carboxylic acids is 1. The number of hydrogen-bond donors (Lipinski definition) is 1. The van der Waals surface area contributed by atoms with E-state index in [-0.39, 0.29) is 11.3 Å². The van der Waals surface area contributed by atoms with Gasteiger partial charge in [0.25, 0.3) is 11.6 Å². The Morgan fingerprint density at radius 2 is 1.91 bits per heavy atom. The number of hydrazone groups is 1. The van der Waals surface area contributed by atoms with Crippen molar-refractivity contribution in [1.29, 1.82) is 0 Å². The largest absolute Gasteiger partial charge is 0.271 e. The van der Waals surface area contributed by atoms with Gasteiger partial charge in [-0.3, -0.25) is 14.9 Å². The van der Waals surface area contributed by atoms with Crippen molar-refractivity contribution < 1.29 is 9.72 Å². The second-order valence-corrected chi connectivity index (χ2v) is 5.33. The molecule has 23 heavy (non-hydrogen) atoms. The minimum absolute atomic E-state index is 0.133. The summed E-state index contributed by atoms with van der Waals surface area (Å²) in [6.45, 7) is 4.23. The zero-order valence-electron chi connectivity index (χ0n) is 12.9. The van der Waals surface area contributed by atoms with Gasteiger partial charge in [-0.25, -0.2) is 5.43 Å². The highest BCUT2D eigenvalue weighted by molar-refractivity contribution is 5.95. The van der Waals surface area contributed by atoms with Crippen molar-refractivity contribution in [1.82, 2.24) is 5.43 Å². The molecule has 0 aromatic heterocycles. The topological polar surface area (TPSA) is 84.6 Å². The predicted octanol–water partition coefficient (Wildman–Crippen LogP) is 3.48. The zero-order valence-corrected chi connectivity index (χ0v) is 12.9. The van der Waals surface area contributed by atoms with E-state index in [9.17, 15) is 14.9 Å². The molecule has 6 heteroatoms. The fourth-order valence-electron chi connectivity index (χ4n) is 1.96. The second-order valence-electron chi connectivity index (χ2n) is 5.33. The lowest BCUT2D eigenvalue weighted by molar-refractivity contribution is -0.384. The van der Waals surface area contributed by atoms with Gasteiger partial charge in [-0.05, 0) is 23.1 Å². The van der Waals surface area contributed by atoms with Crippen molar-refractivity contribution in [3.63, 3.8) is 0 Å². The van der Waals surface area contributed by atoms with Crippen LogP contribution >= 0.6 is 0 Å². The third-order valence-electron chi connectivity index (χ3n) is 3.30. The minimum Gasteiger partial charge on any atom is -0.267 e. The van der Waals surface area contributed by atoms with Crippen LogP contribution in [0.25, 0.3) is 0 Å². The Kier molecular flexibility index (Phi) is 5.19. The quantitative estimate of drug-likeness (QED) is 0.521. The summed E-state index contributed by atoms with van der Waals surface area (Å²) in [5.74, 6) is -0.0432. The number of nitrogens with one attached hydrogen (secondary N) is 1. The number of carbonyl (C=O) groups is 1. The van der Waals surface area contributed by atoms with E-state index in [1.54, 1.807) is 0 Å². The van der Waals surface area contributed by atoms with Gasteiger partial charge in [0.05, 0.1) is 11.1 Å². The van der Waals surface area contributed by atoms with Crippen LogP contribution < -0.4 is 5.43 Å². The number of nitro benzene ring substituents is 1. The fourth-order valence-corrected chi connectivity index (χ4v) is 1.96. The van der Waals surface area contributed by atoms with E-state index in [1.807, 2.05) is 24.3 Å². The first-order valence-corrected chi connectivity index (χ1v) is 7.15. The molecule has 0 saturated heterocycles. The molecule has 0 spiro atoms. The molecule has 6 nitrogen and oxygen atoms in total.